The predicted molar refractivity (Wildman–Crippen MR) is 80.5 cm³/mol. The molecule has 2 atom stereocenters. The molecule has 0 amide bonds. The molecule has 0 fully saturated rings. The molecule has 2 heteroatoms. The Morgan fingerprint density at radius 3 is 2.32 bits per heavy atom. The van der Waals surface area contributed by atoms with E-state index in [-0.39, 0.29) is 5.41 Å². The first kappa shape index (κ1) is 14.5. The van der Waals surface area contributed by atoms with E-state index in [1.807, 2.05) is 0 Å². The van der Waals surface area contributed by atoms with E-state index in [1.54, 1.807) is 0 Å². The Morgan fingerprint density at radius 1 is 1.16 bits per heavy atom. The van der Waals surface area contributed by atoms with Crippen LogP contribution in [0.3, 0.4) is 0 Å². The summed E-state index contributed by atoms with van der Waals surface area (Å²) in [6.45, 7) is 15.9. The highest BCUT2D eigenvalue weighted by molar-refractivity contribution is 5.35. The van der Waals surface area contributed by atoms with Crippen LogP contribution in [0, 0.1) is 18.8 Å². The summed E-state index contributed by atoms with van der Waals surface area (Å²) in [7, 11) is 0. The largest absolute Gasteiger partial charge is 0.238 e. The van der Waals surface area contributed by atoms with Crippen molar-refractivity contribution in [3.63, 3.8) is 0 Å². The van der Waals surface area contributed by atoms with E-state index in [1.165, 1.54) is 23.4 Å². The highest BCUT2D eigenvalue weighted by Gasteiger charge is 2.40. The van der Waals surface area contributed by atoms with Crippen molar-refractivity contribution in [1.29, 1.82) is 0 Å². The van der Waals surface area contributed by atoms with Crippen LogP contribution in [-0.4, -0.2) is 9.97 Å². The topological polar surface area (TPSA) is 25.8 Å². The van der Waals surface area contributed by atoms with Crippen molar-refractivity contribution in [2.75, 3.05) is 0 Å². The van der Waals surface area contributed by atoms with E-state index in [2.05, 4.69) is 48.5 Å². The molecule has 0 saturated heterocycles. The van der Waals surface area contributed by atoms with Crippen molar-refractivity contribution >= 4 is 0 Å². The van der Waals surface area contributed by atoms with Crippen molar-refractivity contribution in [1.82, 2.24) is 9.97 Å². The van der Waals surface area contributed by atoms with Gasteiger partial charge in [0.1, 0.15) is 5.82 Å². The minimum absolute atomic E-state index is 0.199. The number of fused-ring (bicyclic) bond motifs is 1. The number of nitrogens with zero attached hydrogens (tertiary/aromatic N) is 2. The van der Waals surface area contributed by atoms with Gasteiger partial charge in [0.25, 0.3) is 0 Å². The summed E-state index contributed by atoms with van der Waals surface area (Å²) in [4.78, 5) is 9.71. The predicted octanol–water partition coefficient (Wildman–Crippen LogP) is 4.40. The SMILES string of the molecule is Cc1nc(C(C)C)nc2c1CC(C)CC2(C)C(C)C. The zero-order valence-electron chi connectivity index (χ0n) is 13.5. The lowest BCUT2D eigenvalue weighted by Gasteiger charge is -2.41. The highest BCUT2D eigenvalue weighted by Crippen LogP contribution is 2.44. The van der Waals surface area contributed by atoms with Crippen molar-refractivity contribution in [2.24, 2.45) is 11.8 Å². The second-order valence-electron chi connectivity index (χ2n) is 7.23. The average Bonchev–Trinajstić information content (AvgIpc) is 2.29. The summed E-state index contributed by atoms with van der Waals surface area (Å²) in [5.41, 5.74) is 4.15. The molecule has 1 aromatic rings. The summed E-state index contributed by atoms with van der Waals surface area (Å²) in [5, 5.41) is 0. The third-order valence-corrected chi connectivity index (χ3v) is 4.89. The number of aromatic nitrogens is 2. The van der Waals surface area contributed by atoms with E-state index in [4.69, 9.17) is 9.97 Å². The van der Waals surface area contributed by atoms with Gasteiger partial charge in [0.2, 0.25) is 0 Å². The quantitative estimate of drug-likeness (QED) is 0.787. The smallest absolute Gasteiger partial charge is 0.131 e. The maximum Gasteiger partial charge on any atom is 0.131 e. The summed E-state index contributed by atoms with van der Waals surface area (Å²) in [6, 6.07) is 0. The summed E-state index contributed by atoms with van der Waals surface area (Å²) < 4.78 is 0. The minimum atomic E-state index is 0.199. The normalized spacial score (nSPS) is 26.9. The zero-order valence-corrected chi connectivity index (χ0v) is 13.5. The lowest BCUT2D eigenvalue weighted by molar-refractivity contribution is 0.237. The molecule has 106 valence electrons. The molecular weight excluding hydrogens is 232 g/mol. The summed E-state index contributed by atoms with van der Waals surface area (Å²) >= 11 is 0. The van der Waals surface area contributed by atoms with Gasteiger partial charge in [-0.1, -0.05) is 41.5 Å². The molecule has 0 radical (unpaired) electrons. The molecule has 2 unspecified atom stereocenters. The Bertz CT molecular complexity index is 476. The maximum absolute atomic E-state index is 4.97. The molecule has 0 spiro atoms. The van der Waals surface area contributed by atoms with Crippen LogP contribution in [-0.2, 0) is 11.8 Å². The Hall–Kier alpha value is -0.920. The monoisotopic (exact) mass is 260 g/mol. The Labute approximate surface area is 118 Å². The van der Waals surface area contributed by atoms with Gasteiger partial charge in [0.15, 0.2) is 0 Å². The third-order valence-electron chi connectivity index (χ3n) is 4.89. The van der Waals surface area contributed by atoms with Crippen molar-refractivity contribution in [3.8, 4) is 0 Å². The van der Waals surface area contributed by atoms with Gasteiger partial charge >= 0.3 is 0 Å². The van der Waals surface area contributed by atoms with Crippen LogP contribution in [0.5, 0.6) is 0 Å². The van der Waals surface area contributed by atoms with Gasteiger partial charge in [-0.3, -0.25) is 0 Å². The first-order valence-corrected chi connectivity index (χ1v) is 7.63. The minimum Gasteiger partial charge on any atom is -0.238 e. The fourth-order valence-electron chi connectivity index (χ4n) is 3.34. The first-order chi connectivity index (χ1) is 8.75. The molecule has 1 aliphatic rings. The van der Waals surface area contributed by atoms with Crippen molar-refractivity contribution in [3.05, 3.63) is 22.8 Å². The van der Waals surface area contributed by atoms with Crippen LogP contribution >= 0.6 is 0 Å². The lowest BCUT2D eigenvalue weighted by Crippen LogP contribution is -2.38. The molecule has 1 aromatic heterocycles. The van der Waals surface area contributed by atoms with E-state index >= 15 is 0 Å². The lowest BCUT2D eigenvalue weighted by atomic mass is 9.64. The molecule has 1 aliphatic carbocycles. The molecule has 19 heavy (non-hydrogen) atoms. The van der Waals surface area contributed by atoms with E-state index < -0.39 is 0 Å². The second-order valence-corrected chi connectivity index (χ2v) is 7.23. The molecule has 0 aromatic carbocycles. The molecule has 2 rings (SSSR count). The van der Waals surface area contributed by atoms with E-state index in [9.17, 15) is 0 Å². The molecular formula is C17H28N2. The Balaban J connectivity index is 2.64. The van der Waals surface area contributed by atoms with E-state index in [0.717, 1.165) is 18.2 Å². The van der Waals surface area contributed by atoms with Gasteiger partial charge in [-0.25, -0.2) is 9.97 Å². The summed E-state index contributed by atoms with van der Waals surface area (Å²) in [6.07, 6.45) is 2.38. The van der Waals surface area contributed by atoms with Crippen LogP contribution in [0.1, 0.15) is 76.7 Å². The Morgan fingerprint density at radius 2 is 1.79 bits per heavy atom. The van der Waals surface area contributed by atoms with Gasteiger partial charge < -0.3 is 0 Å². The van der Waals surface area contributed by atoms with Crippen LogP contribution in [0.15, 0.2) is 0 Å². The number of rotatable bonds is 2. The number of hydrogen-bond acceptors (Lipinski definition) is 2. The van der Waals surface area contributed by atoms with Gasteiger partial charge in [-0.15, -0.1) is 0 Å². The average molecular weight is 260 g/mol. The molecule has 1 heterocycles. The molecule has 0 bridgehead atoms. The second kappa shape index (κ2) is 4.88. The zero-order chi connectivity index (χ0) is 14.4. The van der Waals surface area contributed by atoms with Crippen LogP contribution in [0.4, 0.5) is 0 Å². The fraction of sp³-hybridized carbons (Fsp3) is 0.765. The van der Waals surface area contributed by atoms with Gasteiger partial charge in [0, 0.05) is 17.0 Å². The van der Waals surface area contributed by atoms with Crippen molar-refractivity contribution in [2.45, 2.75) is 72.6 Å². The van der Waals surface area contributed by atoms with Gasteiger partial charge in [0.05, 0.1) is 5.69 Å². The molecule has 0 N–H and O–H groups in total. The van der Waals surface area contributed by atoms with Crippen LogP contribution in [0.2, 0.25) is 0 Å². The maximum atomic E-state index is 4.97. The standard InChI is InChI=1S/C17H28N2/c1-10(2)16-18-13(6)14-8-12(5)9-17(7,11(3)4)15(14)19-16/h10-12H,8-9H2,1-7H3. The Kier molecular flexibility index (Phi) is 3.72. The molecule has 0 saturated carbocycles. The van der Waals surface area contributed by atoms with Crippen molar-refractivity contribution < 1.29 is 0 Å². The van der Waals surface area contributed by atoms with Crippen LogP contribution in [0.25, 0.3) is 0 Å². The van der Waals surface area contributed by atoms with Gasteiger partial charge in [-0.05, 0) is 37.2 Å². The third kappa shape index (κ3) is 2.42. The van der Waals surface area contributed by atoms with E-state index in [0.29, 0.717) is 11.8 Å². The highest BCUT2D eigenvalue weighted by atomic mass is 14.9. The summed E-state index contributed by atoms with van der Waals surface area (Å²) in [5.74, 6) is 2.76. The van der Waals surface area contributed by atoms with Crippen LogP contribution < -0.4 is 0 Å². The molecule has 0 aliphatic heterocycles. The number of aryl methyl sites for hydroxylation is 1. The first-order valence-electron chi connectivity index (χ1n) is 7.63. The fourth-order valence-corrected chi connectivity index (χ4v) is 3.34. The number of hydrogen-bond donors (Lipinski definition) is 0. The van der Waals surface area contributed by atoms with Gasteiger partial charge in [-0.2, -0.15) is 0 Å². The molecule has 2 nitrogen and oxygen atoms in total.